The van der Waals surface area contributed by atoms with Crippen molar-refractivity contribution < 1.29 is 9.53 Å². The Morgan fingerprint density at radius 1 is 1.13 bits per heavy atom. The zero-order valence-electron chi connectivity index (χ0n) is 13.8. The number of aryl methyl sites for hydroxylation is 2. The first kappa shape index (κ1) is 17.2. The van der Waals surface area contributed by atoms with Gasteiger partial charge in [0.1, 0.15) is 5.75 Å². The van der Waals surface area contributed by atoms with E-state index < -0.39 is 0 Å². The third-order valence-corrected chi connectivity index (χ3v) is 3.77. The van der Waals surface area contributed by atoms with Crippen LogP contribution < -0.4 is 15.0 Å². The molecule has 0 aliphatic heterocycles. The average Bonchev–Trinajstić information content (AvgIpc) is 2.46. The number of rotatable bonds is 5. The number of amides is 1. The van der Waals surface area contributed by atoms with Crippen LogP contribution in [0.5, 0.6) is 5.75 Å². The van der Waals surface area contributed by atoms with E-state index >= 15 is 0 Å². The van der Waals surface area contributed by atoms with Crippen molar-refractivity contribution in [2.24, 2.45) is 0 Å². The minimum absolute atomic E-state index is 0.0505. The van der Waals surface area contributed by atoms with Crippen LogP contribution in [0.4, 0.5) is 11.4 Å². The molecule has 0 fully saturated rings. The molecule has 0 saturated heterocycles. The summed E-state index contributed by atoms with van der Waals surface area (Å²) in [5.41, 5.74) is 3.45. The fourth-order valence-electron chi connectivity index (χ4n) is 2.42. The summed E-state index contributed by atoms with van der Waals surface area (Å²) in [7, 11) is 3.76. The number of benzene rings is 2. The van der Waals surface area contributed by atoms with Crippen LogP contribution in [0, 0.1) is 13.8 Å². The van der Waals surface area contributed by atoms with Crippen molar-refractivity contribution in [3.8, 4) is 5.75 Å². The van der Waals surface area contributed by atoms with E-state index in [1.807, 2.05) is 57.1 Å². The second kappa shape index (κ2) is 7.38. The normalized spacial score (nSPS) is 10.3. The Hall–Kier alpha value is -2.20. The van der Waals surface area contributed by atoms with Crippen molar-refractivity contribution in [3.63, 3.8) is 0 Å². The maximum absolute atomic E-state index is 12.2. The van der Waals surface area contributed by atoms with Crippen LogP contribution in [0.3, 0.4) is 0 Å². The number of hydrogen-bond acceptors (Lipinski definition) is 3. The molecule has 2 aromatic rings. The van der Waals surface area contributed by atoms with Gasteiger partial charge in [0.25, 0.3) is 5.91 Å². The lowest BCUT2D eigenvalue weighted by Gasteiger charge is -2.19. The lowest BCUT2D eigenvalue weighted by molar-refractivity contribution is -0.118. The van der Waals surface area contributed by atoms with E-state index in [1.165, 1.54) is 0 Å². The molecule has 0 atom stereocenters. The molecule has 2 rings (SSSR count). The first-order valence-electron chi connectivity index (χ1n) is 7.35. The SMILES string of the molecule is Cc1cccc(C)c1OCC(=O)Nc1cccc(Cl)c1N(C)C. The zero-order chi connectivity index (χ0) is 17.0. The number of ether oxygens (including phenoxy) is 1. The average molecular weight is 333 g/mol. The molecule has 0 aliphatic carbocycles. The summed E-state index contributed by atoms with van der Waals surface area (Å²) in [4.78, 5) is 14.1. The van der Waals surface area contributed by atoms with Crippen molar-refractivity contribution >= 4 is 28.9 Å². The smallest absolute Gasteiger partial charge is 0.262 e. The van der Waals surface area contributed by atoms with Crippen molar-refractivity contribution in [2.45, 2.75) is 13.8 Å². The minimum atomic E-state index is -0.224. The third kappa shape index (κ3) is 4.17. The van der Waals surface area contributed by atoms with E-state index in [1.54, 1.807) is 12.1 Å². The molecule has 0 spiro atoms. The molecule has 2 aromatic carbocycles. The molecule has 1 amide bonds. The van der Waals surface area contributed by atoms with Crippen LogP contribution in [-0.2, 0) is 4.79 Å². The number of nitrogens with zero attached hydrogens (tertiary/aromatic N) is 1. The lowest BCUT2D eigenvalue weighted by atomic mass is 10.1. The predicted molar refractivity (Wildman–Crippen MR) is 95.8 cm³/mol. The molecule has 0 radical (unpaired) electrons. The molecule has 0 aliphatic rings. The number of carbonyl (C=O) groups excluding carboxylic acids is 1. The van der Waals surface area contributed by atoms with Gasteiger partial charge in [-0.05, 0) is 37.1 Å². The van der Waals surface area contributed by atoms with Gasteiger partial charge in [-0.15, -0.1) is 0 Å². The van der Waals surface area contributed by atoms with Crippen LogP contribution in [-0.4, -0.2) is 26.6 Å². The van der Waals surface area contributed by atoms with Gasteiger partial charge >= 0.3 is 0 Å². The highest BCUT2D eigenvalue weighted by molar-refractivity contribution is 6.34. The fourth-order valence-corrected chi connectivity index (χ4v) is 2.77. The van der Waals surface area contributed by atoms with Gasteiger partial charge in [0.2, 0.25) is 0 Å². The van der Waals surface area contributed by atoms with Crippen LogP contribution in [0.2, 0.25) is 5.02 Å². The van der Waals surface area contributed by atoms with E-state index in [2.05, 4.69) is 5.32 Å². The number of hydrogen-bond donors (Lipinski definition) is 1. The molecular formula is C18H21ClN2O2. The summed E-state index contributed by atoms with van der Waals surface area (Å²) in [5.74, 6) is 0.527. The van der Waals surface area contributed by atoms with E-state index in [-0.39, 0.29) is 12.5 Å². The maximum Gasteiger partial charge on any atom is 0.262 e. The quantitative estimate of drug-likeness (QED) is 0.898. The number of anilines is 2. The highest BCUT2D eigenvalue weighted by Gasteiger charge is 2.13. The topological polar surface area (TPSA) is 41.6 Å². The molecule has 4 nitrogen and oxygen atoms in total. The standard InChI is InChI=1S/C18H21ClN2O2/c1-12-7-5-8-13(2)18(12)23-11-16(22)20-15-10-6-9-14(19)17(15)21(3)4/h5-10H,11H2,1-4H3,(H,20,22). The molecule has 0 saturated carbocycles. The Bertz CT molecular complexity index is 694. The van der Waals surface area contributed by atoms with Gasteiger partial charge in [-0.1, -0.05) is 35.9 Å². The summed E-state index contributed by atoms with van der Waals surface area (Å²) in [6, 6.07) is 11.3. The molecule has 1 N–H and O–H groups in total. The monoisotopic (exact) mass is 332 g/mol. The molecule has 23 heavy (non-hydrogen) atoms. The van der Waals surface area contributed by atoms with Crippen LogP contribution >= 0.6 is 11.6 Å². The summed E-state index contributed by atoms with van der Waals surface area (Å²) in [5, 5.41) is 3.44. The molecule has 0 unspecified atom stereocenters. The molecule has 0 heterocycles. The Balaban J connectivity index is 2.08. The summed E-state index contributed by atoms with van der Waals surface area (Å²) in [6.45, 7) is 3.87. The van der Waals surface area contributed by atoms with Crippen molar-refractivity contribution in [1.82, 2.24) is 0 Å². The molecule has 122 valence electrons. The Labute approximate surface area is 142 Å². The van der Waals surface area contributed by atoms with Gasteiger partial charge in [0.05, 0.1) is 16.4 Å². The molecular weight excluding hydrogens is 312 g/mol. The lowest BCUT2D eigenvalue weighted by Crippen LogP contribution is -2.22. The van der Waals surface area contributed by atoms with Gasteiger partial charge in [0.15, 0.2) is 6.61 Å². The van der Waals surface area contributed by atoms with Gasteiger partial charge in [-0.2, -0.15) is 0 Å². The second-order valence-electron chi connectivity index (χ2n) is 5.59. The van der Waals surface area contributed by atoms with E-state index in [0.29, 0.717) is 10.7 Å². The molecule has 0 aromatic heterocycles. The summed E-state index contributed by atoms with van der Waals surface area (Å²) < 4.78 is 5.67. The first-order valence-corrected chi connectivity index (χ1v) is 7.72. The minimum Gasteiger partial charge on any atom is -0.483 e. The van der Waals surface area contributed by atoms with Gasteiger partial charge in [0, 0.05) is 14.1 Å². The largest absolute Gasteiger partial charge is 0.483 e. The number of halogens is 1. The van der Waals surface area contributed by atoms with Crippen molar-refractivity contribution in [2.75, 3.05) is 30.9 Å². The van der Waals surface area contributed by atoms with Crippen LogP contribution in [0.15, 0.2) is 36.4 Å². The van der Waals surface area contributed by atoms with Crippen LogP contribution in [0.25, 0.3) is 0 Å². The second-order valence-corrected chi connectivity index (χ2v) is 6.00. The molecule has 0 bridgehead atoms. The maximum atomic E-state index is 12.2. The van der Waals surface area contributed by atoms with Crippen molar-refractivity contribution in [3.05, 3.63) is 52.5 Å². The van der Waals surface area contributed by atoms with E-state index in [0.717, 1.165) is 22.6 Å². The van der Waals surface area contributed by atoms with Gasteiger partial charge in [-0.25, -0.2) is 0 Å². The summed E-state index contributed by atoms with van der Waals surface area (Å²) in [6.07, 6.45) is 0. The Morgan fingerprint density at radius 3 is 2.35 bits per heavy atom. The van der Waals surface area contributed by atoms with Crippen molar-refractivity contribution in [1.29, 1.82) is 0 Å². The fraction of sp³-hybridized carbons (Fsp3) is 0.278. The van der Waals surface area contributed by atoms with E-state index in [4.69, 9.17) is 16.3 Å². The number of nitrogens with one attached hydrogen (secondary N) is 1. The zero-order valence-corrected chi connectivity index (χ0v) is 14.6. The number of para-hydroxylation sites is 2. The van der Waals surface area contributed by atoms with Gasteiger partial charge < -0.3 is 15.0 Å². The first-order chi connectivity index (χ1) is 10.9. The molecule has 5 heteroatoms. The highest BCUT2D eigenvalue weighted by Crippen LogP contribution is 2.32. The Morgan fingerprint density at radius 2 is 1.74 bits per heavy atom. The van der Waals surface area contributed by atoms with Crippen LogP contribution in [0.1, 0.15) is 11.1 Å². The number of carbonyl (C=O) groups is 1. The van der Waals surface area contributed by atoms with Gasteiger partial charge in [-0.3, -0.25) is 4.79 Å². The summed E-state index contributed by atoms with van der Waals surface area (Å²) >= 11 is 6.20. The highest BCUT2D eigenvalue weighted by atomic mass is 35.5. The third-order valence-electron chi connectivity index (χ3n) is 3.46. The van der Waals surface area contributed by atoms with E-state index in [9.17, 15) is 4.79 Å². The predicted octanol–water partition coefficient (Wildman–Crippen LogP) is 4.04. The Kier molecular flexibility index (Phi) is 5.50.